The fraction of sp³-hybridized carbons (Fsp3) is 0.391. The molecule has 0 amide bonds. The number of hydrogen-bond donors (Lipinski definition) is 0. The van der Waals surface area contributed by atoms with Crippen LogP contribution in [0.15, 0.2) is 71.8 Å². The zero-order chi connectivity index (χ0) is 36.0. The van der Waals surface area contributed by atoms with Gasteiger partial charge in [0.05, 0.1) is 0 Å². The van der Waals surface area contributed by atoms with E-state index in [1.807, 2.05) is 0 Å². The van der Waals surface area contributed by atoms with Crippen LogP contribution >= 0.6 is 17.0 Å². The Bertz CT molecular complexity index is 1900. The summed E-state index contributed by atoms with van der Waals surface area (Å²) in [5, 5.41) is 0. The van der Waals surface area contributed by atoms with E-state index in [-0.39, 0.29) is 18.1 Å². The van der Waals surface area contributed by atoms with Crippen LogP contribution in [0.25, 0.3) is 34.4 Å². The molecule has 0 saturated heterocycles. The molecule has 0 heterocycles. The molecular formula is C46H55Cl2Zr. The van der Waals surface area contributed by atoms with Crippen LogP contribution in [0.1, 0.15) is 125 Å². The Morgan fingerprint density at radius 1 is 0.551 bits per heavy atom. The molecule has 257 valence electrons. The zero-order valence-electron chi connectivity index (χ0n) is 32.0. The van der Waals surface area contributed by atoms with Gasteiger partial charge >= 0.3 is 307 Å². The summed E-state index contributed by atoms with van der Waals surface area (Å²) in [6.45, 7) is 29.6. The molecular weight excluding hydrogens is 715 g/mol. The SMILES string of the molecule is C[CH2][Zr]([Cl])([Cl])([CH]1C(C)=Cc2c(-c3ccc(C(C)(C)C)cc3)cc(C)c(C)c21)[CH]1C(C)=Cc2c(-c3ccc(C(C)(C)C)cc3)cc(C)c(C)c21. The van der Waals surface area contributed by atoms with Gasteiger partial charge in [0.15, 0.2) is 0 Å². The van der Waals surface area contributed by atoms with Crippen molar-refractivity contribution < 1.29 is 16.4 Å². The standard InChI is InChI=1S/2C22H25.C2H5.2ClH.Zr/c2*1-14-11-19-16(3)15(2)13-20(21(19)12-14)17-7-9-18(10-8-17)22(4,5)6;1-2;;;/h2*7-13H,1-6H3;1H2,2H3;2*1H;/q;;;;;+2/p-2. The molecule has 0 nitrogen and oxygen atoms in total. The number of allylic oxidation sites excluding steroid dienone is 2. The Morgan fingerprint density at radius 3 is 1.16 bits per heavy atom. The third-order valence-electron chi connectivity index (χ3n) is 12.1. The van der Waals surface area contributed by atoms with Gasteiger partial charge in [-0.05, 0) is 0 Å². The van der Waals surface area contributed by atoms with E-state index in [1.54, 1.807) is 0 Å². The molecule has 2 unspecified atom stereocenters. The second kappa shape index (κ2) is 12.2. The fourth-order valence-electron chi connectivity index (χ4n) is 8.93. The first kappa shape index (κ1) is 36.6. The van der Waals surface area contributed by atoms with Gasteiger partial charge in [0.25, 0.3) is 0 Å². The third kappa shape index (κ3) is 5.93. The summed E-state index contributed by atoms with van der Waals surface area (Å²) in [6, 6.07) is 23.1. The molecule has 4 aromatic carbocycles. The number of hydrogen-bond acceptors (Lipinski definition) is 0. The molecule has 0 N–H and O–H groups in total. The van der Waals surface area contributed by atoms with Gasteiger partial charge in [-0.1, -0.05) is 0 Å². The van der Waals surface area contributed by atoms with E-state index in [0.29, 0.717) is 0 Å². The molecule has 6 rings (SSSR count). The summed E-state index contributed by atoms with van der Waals surface area (Å²) >= 11 is -4.88. The van der Waals surface area contributed by atoms with E-state index in [4.69, 9.17) is 17.0 Å². The summed E-state index contributed by atoms with van der Waals surface area (Å²) in [6.07, 6.45) is 4.85. The molecule has 0 aromatic heterocycles. The number of aryl methyl sites for hydroxylation is 2. The average Bonchev–Trinajstić information content (AvgIpc) is 3.58. The van der Waals surface area contributed by atoms with Crippen molar-refractivity contribution in [3.8, 4) is 22.3 Å². The van der Waals surface area contributed by atoms with Gasteiger partial charge < -0.3 is 0 Å². The van der Waals surface area contributed by atoms with Gasteiger partial charge in [0.2, 0.25) is 0 Å². The van der Waals surface area contributed by atoms with E-state index in [9.17, 15) is 0 Å². The predicted molar refractivity (Wildman–Crippen MR) is 215 cm³/mol. The Labute approximate surface area is 305 Å². The number of halogens is 2. The van der Waals surface area contributed by atoms with Crippen molar-refractivity contribution in [2.24, 2.45) is 0 Å². The molecule has 0 saturated carbocycles. The minimum absolute atomic E-state index is 0.0333. The molecule has 0 radical (unpaired) electrons. The van der Waals surface area contributed by atoms with Crippen LogP contribution in [0.2, 0.25) is 4.13 Å². The average molecular weight is 770 g/mol. The van der Waals surface area contributed by atoms with Crippen molar-refractivity contribution in [3.05, 3.63) is 127 Å². The van der Waals surface area contributed by atoms with Crippen LogP contribution < -0.4 is 0 Å². The van der Waals surface area contributed by atoms with Crippen LogP contribution in [0.5, 0.6) is 0 Å². The van der Waals surface area contributed by atoms with Gasteiger partial charge in [-0.15, -0.1) is 0 Å². The van der Waals surface area contributed by atoms with Crippen molar-refractivity contribution in [3.63, 3.8) is 0 Å². The second-order valence-corrected chi connectivity index (χ2v) is 40.3. The second-order valence-electron chi connectivity index (χ2n) is 17.4. The summed E-state index contributed by atoms with van der Waals surface area (Å²) in [4.78, 5) is 0. The molecule has 2 atom stereocenters. The monoisotopic (exact) mass is 767 g/mol. The van der Waals surface area contributed by atoms with Crippen molar-refractivity contribution >= 4 is 29.2 Å². The summed E-state index contributed by atoms with van der Waals surface area (Å²) in [7, 11) is 17.0. The predicted octanol–water partition coefficient (Wildman–Crippen LogP) is 14.9. The molecule has 0 spiro atoms. The van der Waals surface area contributed by atoms with Gasteiger partial charge in [0, 0.05) is 0 Å². The molecule has 3 heteroatoms. The van der Waals surface area contributed by atoms with Crippen LogP contribution in [-0.2, 0) is 27.2 Å². The summed E-state index contributed by atoms with van der Waals surface area (Å²) in [5.74, 6) is 0. The van der Waals surface area contributed by atoms with Gasteiger partial charge in [-0.3, -0.25) is 0 Å². The Hall–Kier alpha value is -2.18. The first-order valence-electron chi connectivity index (χ1n) is 18.1. The Morgan fingerprint density at radius 2 is 0.878 bits per heavy atom. The fourth-order valence-corrected chi connectivity index (χ4v) is 28.1. The number of fused-ring (bicyclic) bond motifs is 2. The quantitative estimate of drug-likeness (QED) is 0.190. The Kier molecular flexibility index (Phi) is 9.12. The van der Waals surface area contributed by atoms with Gasteiger partial charge in [-0.25, -0.2) is 0 Å². The number of rotatable bonds is 5. The van der Waals surface area contributed by atoms with E-state index in [1.165, 1.54) is 89.0 Å². The molecule has 49 heavy (non-hydrogen) atoms. The normalized spacial score (nSPS) is 18.5. The number of benzene rings is 4. The van der Waals surface area contributed by atoms with Crippen molar-refractivity contribution in [1.82, 2.24) is 0 Å². The Balaban J connectivity index is 1.54. The van der Waals surface area contributed by atoms with E-state index >= 15 is 0 Å². The van der Waals surface area contributed by atoms with Crippen LogP contribution in [0.3, 0.4) is 0 Å². The topological polar surface area (TPSA) is 0 Å². The van der Waals surface area contributed by atoms with Crippen molar-refractivity contribution in [2.75, 3.05) is 0 Å². The summed E-state index contributed by atoms with van der Waals surface area (Å²) in [5.41, 5.74) is 21.3. The first-order chi connectivity index (χ1) is 22.7. The summed E-state index contributed by atoms with van der Waals surface area (Å²) < 4.78 is 0.873. The van der Waals surface area contributed by atoms with Crippen LogP contribution in [-0.4, -0.2) is 0 Å². The van der Waals surface area contributed by atoms with Crippen LogP contribution in [0, 0.1) is 27.7 Å². The van der Waals surface area contributed by atoms with Crippen LogP contribution in [0.4, 0.5) is 0 Å². The van der Waals surface area contributed by atoms with E-state index in [0.717, 1.165) is 4.13 Å². The van der Waals surface area contributed by atoms with E-state index < -0.39 is 16.4 Å². The van der Waals surface area contributed by atoms with Gasteiger partial charge in [-0.2, -0.15) is 0 Å². The zero-order valence-corrected chi connectivity index (χ0v) is 36.0. The maximum atomic E-state index is 8.52. The maximum absolute atomic E-state index is 8.52. The third-order valence-corrected chi connectivity index (χ3v) is 33.2. The molecule has 0 bridgehead atoms. The van der Waals surface area contributed by atoms with Crippen molar-refractivity contribution in [2.45, 2.75) is 112 Å². The molecule has 2 aliphatic carbocycles. The molecule has 0 aliphatic heterocycles. The minimum atomic E-state index is -4.88. The van der Waals surface area contributed by atoms with Crippen molar-refractivity contribution in [1.29, 1.82) is 0 Å². The first-order valence-corrected chi connectivity index (χ1v) is 29.0. The molecule has 4 aromatic rings. The van der Waals surface area contributed by atoms with E-state index in [2.05, 4.69) is 163 Å². The molecule has 0 fully saturated rings. The van der Waals surface area contributed by atoms with Gasteiger partial charge in [0.1, 0.15) is 0 Å². The molecule has 2 aliphatic rings.